The molecule has 2 rings (SSSR count). The molecule has 1 N–H and O–H groups in total. The average molecular weight is 304 g/mol. The lowest BCUT2D eigenvalue weighted by atomic mass is 10.2. The van der Waals surface area contributed by atoms with Crippen molar-refractivity contribution in [2.75, 3.05) is 0 Å². The van der Waals surface area contributed by atoms with E-state index in [-0.39, 0.29) is 11.3 Å². The fourth-order valence-corrected chi connectivity index (χ4v) is 3.27. The molecule has 0 bridgehead atoms. The van der Waals surface area contributed by atoms with Crippen LogP contribution >= 0.6 is 34.3 Å². The molecule has 7 heteroatoms. The highest BCUT2D eigenvalue weighted by atomic mass is 35.5. The first-order chi connectivity index (χ1) is 8.58. The van der Waals surface area contributed by atoms with Crippen molar-refractivity contribution in [3.8, 4) is 11.3 Å². The molecule has 2 aromatic heterocycles. The molecule has 0 fully saturated rings. The van der Waals surface area contributed by atoms with Crippen molar-refractivity contribution in [3.05, 3.63) is 30.8 Å². The standard InChI is InChI=1S/C11H10ClNO3S2/c12-9-4-7(5-17-9)8-6-18-11(16)13(8)3-1-2-10(14)15/h4-6H,1-3H2,(H,14,15). The maximum Gasteiger partial charge on any atom is 0.307 e. The third-order valence-electron chi connectivity index (χ3n) is 2.42. The molecule has 0 radical (unpaired) electrons. The zero-order valence-corrected chi connectivity index (χ0v) is 11.6. The number of thiophene rings is 1. The second-order valence-corrected chi connectivity index (χ2v) is 6.04. The second kappa shape index (κ2) is 5.69. The summed E-state index contributed by atoms with van der Waals surface area (Å²) in [7, 11) is 0. The predicted octanol–water partition coefficient (Wildman–Crippen LogP) is 3.16. The molecule has 0 saturated heterocycles. The smallest absolute Gasteiger partial charge is 0.307 e. The van der Waals surface area contributed by atoms with E-state index in [9.17, 15) is 9.59 Å². The number of hydrogen-bond donors (Lipinski definition) is 1. The first kappa shape index (κ1) is 13.3. The number of carbonyl (C=O) groups is 1. The van der Waals surface area contributed by atoms with Crippen molar-refractivity contribution in [3.63, 3.8) is 0 Å². The Bertz CT molecular complexity index is 614. The van der Waals surface area contributed by atoms with E-state index in [2.05, 4.69) is 0 Å². The summed E-state index contributed by atoms with van der Waals surface area (Å²) in [4.78, 5) is 22.1. The van der Waals surface area contributed by atoms with Gasteiger partial charge in [0.05, 0.1) is 10.0 Å². The van der Waals surface area contributed by atoms with Crippen LogP contribution in [0.1, 0.15) is 12.8 Å². The van der Waals surface area contributed by atoms with Gasteiger partial charge in [-0.05, 0) is 12.5 Å². The van der Waals surface area contributed by atoms with E-state index < -0.39 is 5.97 Å². The molecule has 0 aliphatic heterocycles. The second-order valence-electron chi connectivity index (χ2n) is 3.68. The van der Waals surface area contributed by atoms with E-state index >= 15 is 0 Å². The molecule has 0 saturated carbocycles. The molecule has 0 unspecified atom stereocenters. The van der Waals surface area contributed by atoms with Crippen LogP contribution in [-0.2, 0) is 11.3 Å². The molecule has 2 heterocycles. The summed E-state index contributed by atoms with van der Waals surface area (Å²) < 4.78 is 2.27. The van der Waals surface area contributed by atoms with Crippen molar-refractivity contribution in [2.24, 2.45) is 0 Å². The van der Waals surface area contributed by atoms with Gasteiger partial charge in [0.25, 0.3) is 0 Å². The predicted molar refractivity (Wildman–Crippen MR) is 73.8 cm³/mol. The van der Waals surface area contributed by atoms with E-state index in [1.165, 1.54) is 11.3 Å². The highest BCUT2D eigenvalue weighted by Crippen LogP contribution is 2.29. The van der Waals surface area contributed by atoms with E-state index in [1.807, 2.05) is 5.38 Å². The number of rotatable bonds is 5. The molecule has 2 aromatic rings. The number of carboxylic acid groups (broad SMARTS) is 1. The fourth-order valence-electron chi connectivity index (χ4n) is 1.60. The number of thiazole rings is 1. The Morgan fingerprint density at radius 2 is 2.17 bits per heavy atom. The van der Waals surface area contributed by atoms with Gasteiger partial charge >= 0.3 is 10.8 Å². The van der Waals surface area contributed by atoms with Gasteiger partial charge in [-0.1, -0.05) is 22.9 Å². The summed E-state index contributed by atoms with van der Waals surface area (Å²) in [6.45, 7) is 0.414. The van der Waals surface area contributed by atoms with Crippen LogP contribution in [0.4, 0.5) is 0 Å². The Balaban J connectivity index is 2.22. The number of aromatic nitrogens is 1. The van der Waals surface area contributed by atoms with Gasteiger partial charge in [-0.3, -0.25) is 14.2 Å². The number of halogens is 1. The first-order valence-corrected chi connectivity index (χ1v) is 7.36. The molecule has 0 spiro atoms. The molecule has 0 aliphatic rings. The van der Waals surface area contributed by atoms with E-state index in [1.54, 1.807) is 16.0 Å². The van der Waals surface area contributed by atoms with Gasteiger partial charge in [0.1, 0.15) is 0 Å². The lowest BCUT2D eigenvalue weighted by molar-refractivity contribution is -0.137. The van der Waals surface area contributed by atoms with Crippen molar-refractivity contribution in [1.82, 2.24) is 4.57 Å². The van der Waals surface area contributed by atoms with Crippen LogP contribution in [0.25, 0.3) is 11.3 Å². The Kier molecular flexibility index (Phi) is 4.21. The lowest BCUT2D eigenvalue weighted by Gasteiger charge is -2.04. The third-order valence-corrected chi connectivity index (χ3v) is 4.27. The van der Waals surface area contributed by atoms with Gasteiger partial charge in [-0.25, -0.2) is 0 Å². The van der Waals surface area contributed by atoms with E-state index in [0.717, 1.165) is 22.6 Å². The van der Waals surface area contributed by atoms with Crippen molar-refractivity contribution in [2.45, 2.75) is 19.4 Å². The Hall–Kier alpha value is -1.11. The fraction of sp³-hybridized carbons (Fsp3) is 0.273. The number of nitrogens with zero attached hydrogens (tertiary/aromatic N) is 1. The topological polar surface area (TPSA) is 59.3 Å². The summed E-state index contributed by atoms with van der Waals surface area (Å²) in [5, 5.41) is 12.3. The van der Waals surface area contributed by atoms with Crippen LogP contribution < -0.4 is 4.87 Å². The summed E-state index contributed by atoms with van der Waals surface area (Å²) in [6.07, 6.45) is 0.503. The van der Waals surface area contributed by atoms with Crippen LogP contribution in [0.15, 0.2) is 21.6 Å². The summed E-state index contributed by atoms with van der Waals surface area (Å²) in [6, 6.07) is 1.81. The Morgan fingerprint density at radius 3 is 2.78 bits per heavy atom. The highest BCUT2D eigenvalue weighted by molar-refractivity contribution is 7.14. The number of aliphatic carboxylic acids is 1. The number of carboxylic acids is 1. The highest BCUT2D eigenvalue weighted by Gasteiger charge is 2.11. The zero-order valence-electron chi connectivity index (χ0n) is 9.26. The maximum atomic E-state index is 11.7. The van der Waals surface area contributed by atoms with Gasteiger partial charge in [0.15, 0.2) is 0 Å². The number of hydrogen-bond acceptors (Lipinski definition) is 4. The Morgan fingerprint density at radius 1 is 1.39 bits per heavy atom. The molecule has 4 nitrogen and oxygen atoms in total. The lowest BCUT2D eigenvalue weighted by Crippen LogP contribution is -2.15. The molecule has 0 aromatic carbocycles. The van der Waals surface area contributed by atoms with Gasteiger partial charge in [-0.2, -0.15) is 0 Å². The normalized spacial score (nSPS) is 10.7. The molecule has 96 valence electrons. The summed E-state index contributed by atoms with van der Waals surface area (Å²) in [5.41, 5.74) is 1.71. The minimum absolute atomic E-state index is 0.0616. The molecular formula is C11H10ClNO3S2. The van der Waals surface area contributed by atoms with Gasteiger partial charge in [-0.15, -0.1) is 11.3 Å². The van der Waals surface area contributed by atoms with Crippen molar-refractivity contribution in [1.29, 1.82) is 0 Å². The van der Waals surface area contributed by atoms with Crippen LogP contribution in [-0.4, -0.2) is 15.6 Å². The van der Waals surface area contributed by atoms with E-state index in [0.29, 0.717) is 17.3 Å². The van der Waals surface area contributed by atoms with Crippen LogP contribution in [0.5, 0.6) is 0 Å². The minimum atomic E-state index is -0.849. The van der Waals surface area contributed by atoms with E-state index in [4.69, 9.17) is 16.7 Å². The van der Waals surface area contributed by atoms with Gasteiger partial charge in [0, 0.05) is 29.3 Å². The molecule has 0 aliphatic carbocycles. The Labute approximate surface area is 116 Å². The van der Waals surface area contributed by atoms with Crippen LogP contribution in [0.2, 0.25) is 4.34 Å². The third kappa shape index (κ3) is 3.01. The average Bonchev–Trinajstić information content (AvgIpc) is 2.86. The molecule has 0 amide bonds. The quantitative estimate of drug-likeness (QED) is 0.923. The van der Waals surface area contributed by atoms with Crippen LogP contribution in [0.3, 0.4) is 0 Å². The SMILES string of the molecule is O=C(O)CCCn1c(-c2csc(Cl)c2)csc1=O. The summed E-state index contributed by atoms with van der Waals surface area (Å²) in [5.74, 6) is -0.849. The van der Waals surface area contributed by atoms with Crippen molar-refractivity contribution < 1.29 is 9.90 Å². The molecule has 18 heavy (non-hydrogen) atoms. The largest absolute Gasteiger partial charge is 0.481 e. The maximum absolute atomic E-state index is 11.7. The van der Waals surface area contributed by atoms with Gasteiger partial charge in [0.2, 0.25) is 0 Å². The molecular weight excluding hydrogens is 294 g/mol. The monoisotopic (exact) mass is 303 g/mol. The van der Waals surface area contributed by atoms with Crippen molar-refractivity contribution >= 4 is 40.2 Å². The summed E-state index contributed by atoms with van der Waals surface area (Å²) >= 11 is 8.39. The first-order valence-electron chi connectivity index (χ1n) is 5.22. The zero-order chi connectivity index (χ0) is 13.1. The minimum Gasteiger partial charge on any atom is -0.481 e. The molecule has 0 atom stereocenters. The van der Waals surface area contributed by atoms with Gasteiger partial charge < -0.3 is 5.11 Å². The van der Waals surface area contributed by atoms with Crippen LogP contribution in [0, 0.1) is 0 Å².